The van der Waals surface area contributed by atoms with Crippen LogP contribution in [0.15, 0.2) is 164 Å². The zero-order chi connectivity index (χ0) is 116. The topological polar surface area (TPSA) is 256 Å². The van der Waals surface area contributed by atoms with Gasteiger partial charge in [-0.05, 0) is 211 Å². The second kappa shape index (κ2) is 74.6. The Morgan fingerprint density at radius 3 is 1.31 bits per heavy atom. The van der Waals surface area contributed by atoms with Gasteiger partial charge in [0.2, 0.25) is 5.89 Å². The van der Waals surface area contributed by atoms with Crippen LogP contribution in [-0.4, -0.2) is 134 Å². The minimum absolute atomic E-state index is 0. The van der Waals surface area contributed by atoms with Crippen LogP contribution in [0.25, 0.3) is 0 Å². The molecule has 0 radical (unpaired) electrons. The van der Waals surface area contributed by atoms with Crippen molar-refractivity contribution in [3.05, 3.63) is 134 Å². The Morgan fingerprint density at radius 2 is 0.960 bits per heavy atom. The highest BCUT2D eigenvalue weighted by atomic mass is 32.1. The van der Waals surface area contributed by atoms with Crippen molar-refractivity contribution in [1.82, 2.24) is 29.9 Å². The van der Waals surface area contributed by atoms with Crippen LogP contribution >= 0.6 is 11.3 Å². The van der Waals surface area contributed by atoms with E-state index in [1.165, 1.54) is 62.3 Å². The van der Waals surface area contributed by atoms with Gasteiger partial charge in [0.15, 0.2) is 11.7 Å². The fourth-order valence-electron chi connectivity index (χ4n) is 14.0. The van der Waals surface area contributed by atoms with Gasteiger partial charge >= 0.3 is 0 Å². The van der Waals surface area contributed by atoms with Crippen LogP contribution in [-0.2, 0) is 32.7 Å². The van der Waals surface area contributed by atoms with Gasteiger partial charge in [-0.1, -0.05) is 376 Å². The number of allylic oxidation sites excluding steroid dienone is 7. The van der Waals surface area contributed by atoms with Crippen molar-refractivity contribution in [2.45, 2.75) is 498 Å². The standard InChI is InChI=1S/C10H16S.C9H17N3.3C9H16N2.C9H15NO.5C9H15N.C8H14N2O.C8H14N2.5C2H6.CH4/c1-8-5-6-9(11-8)7-10(2,3)4;1-7-10-11-8(12(7)5)6-9(2,3)4;1-7-8(11-6-10-7)5-9(2,3)4;1-7-6-10-8(11-7)5-9(2,3)4;1-7-5-8(11-10-7)6-9(2,3)4;1-7-10-6-8(11-7)5-9(2,3)4;2*1-9(2,3)6-8-4-5-10-7-8;3*1-9(2,3)7-8-5-4-6-10-8;1-6-9-7(11-10-6)5-8(2,3)4;1-8(2,3)6-7-4-5-9-10-7;5*1-2;/h5-6H,7H2,1-4H3;6H2,1-5H3;3*5-6H2,1-4H3;6H,5H2,1-4H3;4,7H,5-6H2,1-3H3;4-5H,6-7H2,1-3H3;5-6H,4,7H2,1-3H3;4,6H,5,7H2,1-3H3;4-5H,6-7H2,1-3H3;5H2,1-4H3;4H,5-6H2,1-3H3;5*1-2H3;1H4. The fraction of sp³-hybridized carbons (Fsp3) is 0.732. The lowest BCUT2D eigenvalue weighted by Crippen LogP contribution is -2.16. The molecule has 0 bridgehead atoms. The quantitative estimate of drug-likeness (QED) is 0.125. The molecule has 0 spiro atoms. The average molecular weight is 2090 g/mol. The molecule has 4 aromatic rings. The first-order valence-electron chi connectivity index (χ1n) is 55.6. The number of hydrogen-bond acceptors (Lipinski definition) is 21. The Bertz CT molecular complexity index is 4540. The smallest absolute Gasteiger partial charge is 0.227 e. The Morgan fingerprint density at radius 1 is 0.443 bits per heavy atom. The molecule has 0 amide bonds. The predicted octanol–water partition coefficient (Wildman–Crippen LogP) is 38.5. The Hall–Kier alpha value is -8.40. The van der Waals surface area contributed by atoms with E-state index in [9.17, 15) is 0 Å². The fourth-order valence-corrected chi connectivity index (χ4v) is 15.2. The van der Waals surface area contributed by atoms with E-state index in [4.69, 9.17) is 8.94 Å². The van der Waals surface area contributed by atoms with Gasteiger partial charge in [-0.15, -0.1) is 21.5 Å². The maximum Gasteiger partial charge on any atom is 0.227 e. The SMILES string of the molecule is C.CC.CC.CC.CC.CC.CC(C)(C)CC1=CC=NC1.CC(C)(C)CC1=CCC=N1.CC(C)(C)CC1=CCN=C1.CC(C)(C)CC1=CCN=N1.CC(C)(C)CC1=NC=CC1.CC(C)(C)CC1=NCC=C1.CC1=NC(CC(C)(C)C)=NC1.CC1=NCN=C1CC(C)(C)C.CC1=NN=C(CC(C)(C)C)C1.Cc1ccc(CC(C)(C)C)s1.Cc1ncc(CC(C)(C)C)o1.Cc1nnc(CC(C)(C)C)n1C.Cc1noc(CC(C)(C)C)n1. The van der Waals surface area contributed by atoms with Crippen molar-refractivity contribution in [2.75, 3.05) is 39.4 Å². The Balaban J connectivity index is -0.000000369. The highest BCUT2D eigenvalue weighted by molar-refractivity contribution is 7.11. The molecular formula is C127H233N19O2S. The second-order valence-corrected chi connectivity index (χ2v) is 55.0. The van der Waals surface area contributed by atoms with Gasteiger partial charge < -0.3 is 13.5 Å². The first kappa shape index (κ1) is 151. The number of amidine groups is 1. The van der Waals surface area contributed by atoms with E-state index < -0.39 is 0 Å². The van der Waals surface area contributed by atoms with Gasteiger partial charge in [0.1, 0.15) is 29.9 Å². The van der Waals surface area contributed by atoms with Crippen LogP contribution in [0.1, 0.15) is 489 Å². The number of rotatable bonds is 13. The van der Waals surface area contributed by atoms with E-state index in [2.05, 4.69) is 422 Å². The van der Waals surface area contributed by atoms with E-state index in [-0.39, 0.29) is 23.7 Å². The zero-order valence-corrected chi connectivity index (χ0v) is 108. The molecule has 13 rings (SSSR count). The number of aromatic nitrogens is 6. The largest absolute Gasteiger partial charge is 0.446 e. The summed E-state index contributed by atoms with van der Waals surface area (Å²) in [6.07, 6.45) is 41.4. The van der Waals surface area contributed by atoms with E-state index in [0.29, 0.717) is 66.6 Å². The van der Waals surface area contributed by atoms with E-state index in [0.717, 1.165) is 180 Å². The van der Waals surface area contributed by atoms with Gasteiger partial charge in [0.25, 0.3) is 0 Å². The molecule has 0 saturated heterocycles. The summed E-state index contributed by atoms with van der Waals surface area (Å²) >= 11 is 1.91. The number of azo groups is 1. The lowest BCUT2D eigenvalue weighted by atomic mass is 9.88. The monoisotopic (exact) mass is 2090 g/mol. The van der Waals surface area contributed by atoms with E-state index in [1.54, 1.807) is 6.20 Å². The summed E-state index contributed by atoms with van der Waals surface area (Å²) in [4.78, 5) is 49.4. The van der Waals surface area contributed by atoms with Crippen LogP contribution in [0, 0.1) is 98.1 Å². The lowest BCUT2D eigenvalue weighted by Gasteiger charge is -2.17. The third-order valence-electron chi connectivity index (χ3n) is 19.3. The molecule has 4 aromatic heterocycles. The van der Waals surface area contributed by atoms with Crippen LogP contribution in [0.2, 0.25) is 0 Å². The maximum atomic E-state index is 5.35. The molecule has 9 aliphatic rings. The maximum absolute atomic E-state index is 5.35. The summed E-state index contributed by atoms with van der Waals surface area (Å²) in [7, 11) is 2.01. The minimum atomic E-state index is 0. The van der Waals surface area contributed by atoms with Crippen molar-refractivity contribution in [2.24, 2.45) is 143 Å². The predicted molar refractivity (Wildman–Crippen MR) is 668 cm³/mol. The lowest BCUT2D eigenvalue weighted by molar-refractivity contribution is 0.312. The molecule has 0 aliphatic carbocycles. The Kier molecular flexibility index (Phi) is 75.7. The highest BCUT2D eigenvalue weighted by Crippen LogP contribution is 2.33. The van der Waals surface area contributed by atoms with Gasteiger partial charge in [-0.25, -0.2) is 9.98 Å². The molecule has 854 valence electrons. The summed E-state index contributed by atoms with van der Waals surface area (Å²) in [5.74, 6) is 6.25. The summed E-state index contributed by atoms with van der Waals surface area (Å²) < 4.78 is 12.4. The van der Waals surface area contributed by atoms with Crippen LogP contribution in [0.4, 0.5) is 0 Å². The third-order valence-corrected chi connectivity index (χ3v) is 20.3. The molecule has 22 heteroatoms. The molecule has 0 saturated carbocycles. The Labute approximate surface area is 923 Å². The van der Waals surface area contributed by atoms with Crippen molar-refractivity contribution in [3.8, 4) is 0 Å². The van der Waals surface area contributed by atoms with Crippen LogP contribution < -0.4 is 0 Å². The molecule has 9 aliphatic heterocycles. The molecule has 149 heavy (non-hydrogen) atoms. The van der Waals surface area contributed by atoms with Crippen LogP contribution in [0.5, 0.6) is 0 Å². The first-order valence-corrected chi connectivity index (χ1v) is 56.4. The zero-order valence-electron chi connectivity index (χ0n) is 107. The number of thiophene rings is 1. The van der Waals surface area contributed by atoms with E-state index in [1.807, 2.05) is 159 Å². The van der Waals surface area contributed by atoms with Crippen LogP contribution in [0.3, 0.4) is 0 Å². The molecule has 13 heterocycles. The number of nitrogens with zero attached hydrogens (tertiary/aromatic N) is 19. The third kappa shape index (κ3) is 95.2. The minimum Gasteiger partial charge on any atom is -0.446 e. The van der Waals surface area contributed by atoms with Gasteiger partial charge in [0, 0.05) is 128 Å². The molecule has 0 N–H and O–H groups in total. The number of aryl methyl sites for hydroxylation is 4. The normalized spacial score (nSPS) is 15.0. The molecule has 0 fully saturated rings. The number of hydrogen-bond donors (Lipinski definition) is 0. The summed E-state index contributed by atoms with van der Waals surface area (Å²) in [5, 5.41) is 27.8. The molecular weight excluding hydrogens is 1860 g/mol. The molecule has 0 unspecified atom stereocenters. The van der Waals surface area contributed by atoms with Crippen molar-refractivity contribution in [3.63, 3.8) is 0 Å². The summed E-state index contributed by atoms with van der Waals surface area (Å²) in [5.41, 5.74) is 18.2. The average Bonchev–Trinajstić information content (AvgIpc) is 1.72. The van der Waals surface area contributed by atoms with Gasteiger partial charge in [0.05, 0.1) is 56.0 Å². The molecule has 0 atom stereocenters. The van der Waals surface area contributed by atoms with Crippen molar-refractivity contribution in [1.29, 1.82) is 0 Å². The molecule has 0 aromatic carbocycles. The number of aliphatic imine (C=N–C) groups is 9. The van der Waals surface area contributed by atoms with Crippen molar-refractivity contribution < 1.29 is 8.94 Å². The second-order valence-electron chi connectivity index (χ2n) is 53.6. The number of oxazole rings is 1. The van der Waals surface area contributed by atoms with E-state index >= 15 is 0 Å². The highest BCUT2D eigenvalue weighted by Gasteiger charge is 2.25. The molecule has 21 nitrogen and oxygen atoms in total. The summed E-state index contributed by atoms with van der Waals surface area (Å²) in [6.45, 7) is 126. The van der Waals surface area contributed by atoms with Gasteiger partial charge in [-0.2, -0.15) is 25.4 Å². The summed E-state index contributed by atoms with van der Waals surface area (Å²) in [6, 6.07) is 4.44. The van der Waals surface area contributed by atoms with Gasteiger partial charge in [-0.3, -0.25) is 39.9 Å². The van der Waals surface area contributed by atoms with Crippen molar-refractivity contribution >= 4 is 75.8 Å². The first-order chi connectivity index (χ1) is 67.7.